The molecule has 0 aliphatic heterocycles. The van der Waals surface area contributed by atoms with Crippen molar-refractivity contribution in [3.8, 4) is 0 Å². The van der Waals surface area contributed by atoms with Crippen molar-refractivity contribution in [1.82, 2.24) is 0 Å². The van der Waals surface area contributed by atoms with Gasteiger partial charge in [0.2, 0.25) is 0 Å². The van der Waals surface area contributed by atoms with Gasteiger partial charge in [-0.2, -0.15) is 0 Å². The molecule has 0 aliphatic carbocycles. The molecule has 0 heteroatoms. The van der Waals surface area contributed by atoms with E-state index in [0.29, 0.717) is 0 Å². The highest BCUT2D eigenvalue weighted by Gasteiger charge is 2.09. The Hall–Kier alpha value is -2.34. The average Bonchev–Trinajstić information content (AvgIpc) is 2.47. The van der Waals surface area contributed by atoms with E-state index in [4.69, 9.17) is 0 Å². The van der Waals surface area contributed by atoms with E-state index in [1.54, 1.807) is 0 Å². The fourth-order valence-electron chi connectivity index (χ4n) is 2.88. The molecular formula is C20H18. The lowest BCUT2D eigenvalue weighted by Gasteiger charge is -2.13. The van der Waals surface area contributed by atoms with Crippen LogP contribution < -0.4 is 0 Å². The summed E-state index contributed by atoms with van der Waals surface area (Å²) in [5.74, 6) is 0. The summed E-state index contributed by atoms with van der Waals surface area (Å²) in [5, 5.41) is 5.29. The van der Waals surface area contributed by atoms with Crippen molar-refractivity contribution in [2.45, 2.75) is 13.8 Å². The Morgan fingerprint density at radius 2 is 1.55 bits per heavy atom. The second-order valence-corrected chi connectivity index (χ2v) is 5.23. The Morgan fingerprint density at radius 1 is 0.850 bits per heavy atom. The van der Waals surface area contributed by atoms with Crippen LogP contribution in [0.15, 0.2) is 61.2 Å². The number of hydrogen-bond acceptors (Lipinski definition) is 0. The van der Waals surface area contributed by atoms with E-state index in [0.717, 1.165) is 0 Å². The van der Waals surface area contributed by atoms with Gasteiger partial charge >= 0.3 is 0 Å². The third-order valence-electron chi connectivity index (χ3n) is 3.89. The summed E-state index contributed by atoms with van der Waals surface area (Å²) in [5.41, 5.74) is 3.92. The Labute approximate surface area is 120 Å². The van der Waals surface area contributed by atoms with E-state index in [1.165, 1.54) is 38.2 Å². The van der Waals surface area contributed by atoms with E-state index in [-0.39, 0.29) is 0 Å². The number of fused-ring (bicyclic) bond motifs is 3. The lowest BCUT2D eigenvalue weighted by atomic mass is 9.91. The second-order valence-electron chi connectivity index (χ2n) is 5.23. The molecule has 0 aliphatic rings. The molecule has 3 rings (SSSR count). The molecular weight excluding hydrogens is 240 g/mol. The molecule has 0 atom stereocenters. The van der Waals surface area contributed by atoms with Crippen LogP contribution in [0.5, 0.6) is 0 Å². The minimum atomic E-state index is 1.29. The first-order chi connectivity index (χ1) is 9.72. The van der Waals surface area contributed by atoms with Gasteiger partial charge in [0.15, 0.2) is 0 Å². The maximum absolute atomic E-state index is 3.78. The van der Waals surface area contributed by atoms with Crippen molar-refractivity contribution < 1.29 is 0 Å². The Kier molecular flexibility index (Phi) is 3.15. The molecule has 0 saturated carbocycles. The molecule has 0 aromatic heterocycles. The summed E-state index contributed by atoms with van der Waals surface area (Å²) in [4.78, 5) is 0. The minimum absolute atomic E-state index is 1.29. The third kappa shape index (κ3) is 1.94. The molecule has 0 N–H and O–H groups in total. The van der Waals surface area contributed by atoms with Gasteiger partial charge in [-0.05, 0) is 46.5 Å². The summed E-state index contributed by atoms with van der Waals surface area (Å²) < 4.78 is 0. The zero-order valence-corrected chi connectivity index (χ0v) is 12.0. The summed E-state index contributed by atoms with van der Waals surface area (Å²) in [6.45, 7) is 8.13. The van der Waals surface area contributed by atoms with Crippen LogP contribution in [-0.2, 0) is 0 Å². The van der Waals surface area contributed by atoms with Gasteiger partial charge in [-0.1, -0.05) is 72.8 Å². The third-order valence-corrected chi connectivity index (χ3v) is 3.89. The van der Waals surface area contributed by atoms with Crippen LogP contribution in [0.1, 0.15) is 16.7 Å². The molecule has 0 spiro atoms. The molecule has 0 heterocycles. The van der Waals surface area contributed by atoms with Crippen LogP contribution >= 0.6 is 0 Å². The van der Waals surface area contributed by atoms with Gasteiger partial charge in [0.05, 0.1) is 0 Å². The molecule has 20 heavy (non-hydrogen) atoms. The highest BCUT2D eigenvalue weighted by atomic mass is 14.1. The fourth-order valence-corrected chi connectivity index (χ4v) is 2.88. The maximum atomic E-state index is 3.78. The Balaban J connectivity index is 2.54. The first-order valence-corrected chi connectivity index (χ1v) is 6.93. The van der Waals surface area contributed by atoms with E-state index in [1.807, 2.05) is 12.2 Å². The minimum Gasteiger partial charge on any atom is -0.0991 e. The lowest BCUT2D eigenvalue weighted by molar-refractivity contribution is 1.47. The topological polar surface area (TPSA) is 0 Å². The number of benzene rings is 3. The van der Waals surface area contributed by atoms with Crippen LogP contribution in [0.4, 0.5) is 0 Å². The fraction of sp³-hybridized carbons (Fsp3) is 0.100. The molecule has 3 aromatic rings. The molecule has 0 nitrogen and oxygen atoms in total. The van der Waals surface area contributed by atoms with Crippen molar-refractivity contribution in [3.63, 3.8) is 0 Å². The molecule has 3 aromatic carbocycles. The van der Waals surface area contributed by atoms with Crippen molar-refractivity contribution in [1.29, 1.82) is 0 Å². The number of allylic oxidation sites excluding steroid dienone is 2. The first-order valence-electron chi connectivity index (χ1n) is 6.93. The summed E-state index contributed by atoms with van der Waals surface area (Å²) in [6.07, 6.45) is 6.00. The molecule has 98 valence electrons. The van der Waals surface area contributed by atoms with E-state index >= 15 is 0 Å². The standard InChI is InChI=1S/C20H18/c1-4-5-8-16-15(3)20-13-14(2)11-12-19(20)18-10-7-6-9-17(16)18/h4-13H,1H2,2-3H3/b8-5-. The smallest absolute Gasteiger partial charge is 0.00992 e. The number of aryl methyl sites for hydroxylation is 2. The lowest BCUT2D eigenvalue weighted by Crippen LogP contribution is -1.89. The SMILES string of the molecule is C=C/C=C\c1c(C)c2cc(C)ccc2c2ccccc12. The van der Waals surface area contributed by atoms with Crippen molar-refractivity contribution in [2.75, 3.05) is 0 Å². The van der Waals surface area contributed by atoms with Gasteiger partial charge in [0.25, 0.3) is 0 Å². The molecule has 0 fully saturated rings. The van der Waals surface area contributed by atoms with Gasteiger partial charge in [-0.15, -0.1) is 0 Å². The normalized spacial score (nSPS) is 11.5. The first kappa shape index (κ1) is 12.7. The quantitative estimate of drug-likeness (QED) is 0.402. The molecule has 0 radical (unpaired) electrons. The monoisotopic (exact) mass is 258 g/mol. The summed E-state index contributed by atoms with van der Waals surface area (Å²) >= 11 is 0. The predicted octanol–water partition coefficient (Wildman–Crippen LogP) is 5.81. The Morgan fingerprint density at radius 3 is 2.30 bits per heavy atom. The van der Waals surface area contributed by atoms with Crippen LogP contribution in [0.2, 0.25) is 0 Å². The van der Waals surface area contributed by atoms with Crippen LogP contribution in [0, 0.1) is 13.8 Å². The van der Waals surface area contributed by atoms with Gasteiger partial charge in [-0.25, -0.2) is 0 Å². The van der Waals surface area contributed by atoms with Gasteiger partial charge in [0, 0.05) is 0 Å². The number of hydrogen-bond donors (Lipinski definition) is 0. The highest BCUT2D eigenvalue weighted by molar-refractivity contribution is 6.12. The molecule has 0 saturated heterocycles. The summed E-state index contributed by atoms with van der Waals surface area (Å²) in [7, 11) is 0. The van der Waals surface area contributed by atoms with Crippen LogP contribution in [0.3, 0.4) is 0 Å². The Bertz CT molecular complexity index is 835. The largest absolute Gasteiger partial charge is 0.0991 e. The zero-order valence-electron chi connectivity index (χ0n) is 12.0. The van der Waals surface area contributed by atoms with Crippen molar-refractivity contribution in [2.24, 2.45) is 0 Å². The molecule has 0 unspecified atom stereocenters. The maximum Gasteiger partial charge on any atom is -0.00992 e. The van der Waals surface area contributed by atoms with E-state index < -0.39 is 0 Å². The van der Waals surface area contributed by atoms with E-state index in [2.05, 4.69) is 69.0 Å². The molecule has 0 amide bonds. The average molecular weight is 258 g/mol. The number of rotatable bonds is 2. The van der Waals surface area contributed by atoms with Crippen molar-refractivity contribution >= 4 is 27.6 Å². The van der Waals surface area contributed by atoms with Gasteiger partial charge < -0.3 is 0 Å². The van der Waals surface area contributed by atoms with Gasteiger partial charge in [0.1, 0.15) is 0 Å². The highest BCUT2D eigenvalue weighted by Crippen LogP contribution is 2.33. The summed E-state index contributed by atoms with van der Waals surface area (Å²) in [6, 6.07) is 15.3. The van der Waals surface area contributed by atoms with Crippen molar-refractivity contribution in [3.05, 3.63) is 77.9 Å². The molecule has 0 bridgehead atoms. The van der Waals surface area contributed by atoms with E-state index in [9.17, 15) is 0 Å². The van der Waals surface area contributed by atoms with Crippen LogP contribution in [-0.4, -0.2) is 0 Å². The predicted molar refractivity (Wildman–Crippen MR) is 90.2 cm³/mol. The van der Waals surface area contributed by atoms with Crippen LogP contribution in [0.25, 0.3) is 27.6 Å². The second kappa shape index (κ2) is 4.97. The van der Waals surface area contributed by atoms with Gasteiger partial charge in [-0.3, -0.25) is 0 Å². The zero-order chi connectivity index (χ0) is 14.1.